The Bertz CT molecular complexity index is 276. The molecule has 0 aliphatic rings. The van der Waals surface area contributed by atoms with Gasteiger partial charge in [0.05, 0.1) is 19.6 Å². The topological polar surface area (TPSA) is 77.0 Å². The molecule has 0 spiro atoms. The summed E-state index contributed by atoms with van der Waals surface area (Å²) in [5.74, 6) is -0.768. The highest BCUT2D eigenvalue weighted by atomic mass is 16.5. The molecule has 1 unspecified atom stereocenters. The molecular formula is C10H18N2O4. The Balaban J connectivity index is 4.45. The van der Waals surface area contributed by atoms with E-state index in [4.69, 9.17) is 4.74 Å². The van der Waals surface area contributed by atoms with Gasteiger partial charge in [0.25, 0.3) is 0 Å². The highest BCUT2D eigenvalue weighted by molar-refractivity contribution is 6.01. The first-order valence-electron chi connectivity index (χ1n) is 5.11. The Morgan fingerprint density at radius 1 is 1.38 bits per heavy atom. The summed E-state index contributed by atoms with van der Waals surface area (Å²) in [5, 5.41) is 3.76. The Morgan fingerprint density at radius 3 is 2.44 bits per heavy atom. The second-order valence-electron chi connectivity index (χ2n) is 3.07. The largest absolute Gasteiger partial charge is 0.465 e. The number of ether oxygens (including phenoxy) is 2. The van der Waals surface area contributed by atoms with Crippen molar-refractivity contribution in [1.82, 2.24) is 5.43 Å². The molecule has 0 aliphatic carbocycles. The zero-order chi connectivity index (χ0) is 12.6. The van der Waals surface area contributed by atoms with Crippen LogP contribution in [0.25, 0.3) is 0 Å². The van der Waals surface area contributed by atoms with Crippen LogP contribution in [0.4, 0.5) is 4.79 Å². The molecule has 92 valence electrons. The monoisotopic (exact) mass is 230 g/mol. The summed E-state index contributed by atoms with van der Waals surface area (Å²) in [6.45, 7) is 5.57. The Labute approximate surface area is 95.0 Å². The summed E-state index contributed by atoms with van der Waals surface area (Å²) in [6.07, 6.45) is -0.102. The predicted molar refractivity (Wildman–Crippen MR) is 59.1 cm³/mol. The van der Waals surface area contributed by atoms with Gasteiger partial charge in [-0.2, -0.15) is 5.10 Å². The summed E-state index contributed by atoms with van der Waals surface area (Å²) < 4.78 is 9.23. The van der Waals surface area contributed by atoms with Crippen LogP contribution >= 0.6 is 0 Å². The molecule has 0 saturated carbocycles. The van der Waals surface area contributed by atoms with Crippen LogP contribution < -0.4 is 5.43 Å². The highest BCUT2D eigenvalue weighted by Crippen LogP contribution is 2.07. The summed E-state index contributed by atoms with van der Waals surface area (Å²) in [6, 6.07) is 0. The van der Waals surface area contributed by atoms with E-state index in [9.17, 15) is 9.59 Å². The van der Waals surface area contributed by atoms with Crippen molar-refractivity contribution in [2.24, 2.45) is 11.0 Å². The van der Waals surface area contributed by atoms with Crippen LogP contribution in [0.1, 0.15) is 27.2 Å². The van der Waals surface area contributed by atoms with E-state index in [0.717, 1.165) is 0 Å². The Hall–Kier alpha value is -1.59. The summed E-state index contributed by atoms with van der Waals surface area (Å²) in [7, 11) is 1.24. The van der Waals surface area contributed by atoms with Crippen LogP contribution in [-0.2, 0) is 14.3 Å². The molecule has 0 fully saturated rings. The molecule has 0 aliphatic heterocycles. The van der Waals surface area contributed by atoms with Gasteiger partial charge in [0.1, 0.15) is 0 Å². The van der Waals surface area contributed by atoms with Crippen molar-refractivity contribution >= 4 is 17.8 Å². The average molecular weight is 230 g/mol. The maximum absolute atomic E-state index is 11.5. The first kappa shape index (κ1) is 14.4. The van der Waals surface area contributed by atoms with Crippen LogP contribution in [0.2, 0.25) is 0 Å². The molecule has 0 rings (SSSR count). The number of nitrogens with one attached hydrogen (secondary N) is 1. The third-order valence-electron chi connectivity index (χ3n) is 1.99. The molecule has 0 aromatic rings. The first-order chi connectivity index (χ1) is 7.56. The van der Waals surface area contributed by atoms with Crippen molar-refractivity contribution < 1.29 is 19.1 Å². The number of esters is 1. The van der Waals surface area contributed by atoms with Crippen LogP contribution in [-0.4, -0.2) is 31.5 Å². The van der Waals surface area contributed by atoms with Crippen LogP contribution in [0, 0.1) is 5.92 Å². The van der Waals surface area contributed by atoms with Gasteiger partial charge in [-0.05, 0) is 20.3 Å². The fourth-order valence-corrected chi connectivity index (χ4v) is 1.13. The SMILES string of the molecule is CCOC(=O)C(CC)C(C)=NNC(=O)OC. The van der Waals surface area contributed by atoms with E-state index in [1.54, 1.807) is 13.8 Å². The van der Waals surface area contributed by atoms with Crippen molar-refractivity contribution in [2.45, 2.75) is 27.2 Å². The molecular weight excluding hydrogens is 212 g/mol. The van der Waals surface area contributed by atoms with E-state index < -0.39 is 12.0 Å². The van der Waals surface area contributed by atoms with Gasteiger partial charge in [0, 0.05) is 5.71 Å². The van der Waals surface area contributed by atoms with Gasteiger partial charge >= 0.3 is 12.1 Å². The number of methoxy groups -OCH3 is 1. The Kier molecular flexibility index (Phi) is 6.91. The second-order valence-corrected chi connectivity index (χ2v) is 3.07. The molecule has 1 N–H and O–H groups in total. The summed E-state index contributed by atoms with van der Waals surface area (Å²) in [5.41, 5.74) is 2.65. The van der Waals surface area contributed by atoms with Gasteiger partial charge in [0.2, 0.25) is 0 Å². The van der Waals surface area contributed by atoms with E-state index in [-0.39, 0.29) is 5.97 Å². The molecule has 1 amide bonds. The van der Waals surface area contributed by atoms with Gasteiger partial charge in [0.15, 0.2) is 0 Å². The third kappa shape index (κ3) is 4.77. The molecule has 16 heavy (non-hydrogen) atoms. The lowest BCUT2D eigenvalue weighted by Gasteiger charge is -2.12. The molecule has 0 bridgehead atoms. The zero-order valence-corrected chi connectivity index (χ0v) is 10.1. The van der Waals surface area contributed by atoms with Crippen molar-refractivity contribution in [3.8, 4) is 0 Å². The maximum Gasteiger partial charge on any atom is 0.427 e. The van der Waals surface area contributed by atoms with E-state index >= 15 is 0 Å². The van der Waals surface area contributed by atoms with E-state index in [0.29, 0.717) is 18.7 Å². The number of hydrogen-bond donors (Lipinski definition) is 1. The maximum atomic E-state index is 11.5. The minimum Gasteiger partial charge on any atom is -0.465 e. The lowest BCUT2D eigenvalue weighted by molar-refractivity contribution is -0.145. The van der Waals surface area contributed by atoms with Gasteiger partial charge < -0.3 is 9.47 Å². The van der Waals surface area contributed by atoms with E-state index in [1.165, 1.54) is 7.11 Å². The number of rotatable bonds is 5. The van der Waals surface area contributed by atoms with Crippen LogP contribution in [0.15, 0.2) is 5.10 Å². The number of amides is 1. The number of hydrazone groups is 1. The number of nitrogens with zero attached hydrogens (tertiary/aromatic N) is 1. The van der Waals surface area contributed by atoms with Crippen LogP contribution in [0.5, 0.6) is 0 Å². The van der Waals surface area contributed by atoms with E-state index in [2.05, 4.69) is 15.3 Å². The minimum atomic E-state index is -0.668. The molecule has 0 aromatic carbocycles. The average Bonchev–Trinajstić information content (AvgIpc) is 2.27. The fourth-order valence-electron chi connectivity index (χ4n) is 1.13. The lowest BCUT2D eigenvalue weighted by atomic mass is 10.0. The van der Waals surface area contributed by atoms with Crippen molar-refractivity contribution in [3.63, 3.8) is 0 Å². The standard InChI is InChI=1S/C10H18N2O4/c1-5-8(9(13)16-6-2)7(3)11-12-10(14)15-4/h8H,5-6H2,1-4H3,(H,12,14). The van der Waals surface area contributed by atoms with E-state index in [1.807, 2.05) is 6.92 Å². The van der Waals surface area contributed by atoms with Gasteiger partial charge in [-0.3, -0.25) is 4.79 Å². The predicted octanol–water partition coefficient (Wildman–Crippen LogP) is 1.31. The summed E-state index contributed by atoms with van der Waals surface area (Å²) >= 11 is 0. The normalized spacial score (nSPS) is 12.9. The van der Waals surface area contributed by atoms with Crippen molar-refractivity contribution in [3.05, 3.63) is 0 Å². The van der Waals surface area contributed by atoms with Crippen molar-refractivity contribution in [2.75, 3.05) is 13.7 Å². The molecule has 1 atom stereocenters. The number of hydrogen-bond acceptors (Lipinski definition) is 5. The molecule has 0 saturated heterocycles. The fraction of sp³-hybridized carbons (Fsp3) is 0.700. The molecule has 0 heterocycles. The van der Waals surface area contributed by atoms with Gasteiger partial charge in [-0.1, -0.05) is 6.92 Å². The quantitative estimate of drug-likeness (QED) is 0.439. The molecule has 0 aromatic heterocycles. The van der Waals surface area contributed by atoms with Crippen LogP contribution in [0.3, 0.4) is 0 Å². The third-order valence-corrected chi connectivity index (χ3v) is 1.99. The molecule has 6 nitrogen and oxygen atoms in total. The highest BCUT2D eigenvalue weighted by Gasteiger charge is 2.21. The summed E-state index contributed by atoms with van der Waals surface area (Å²) in [4.78, 5) is 22.2. The number of carbonyl (C=O) groups excluding carboxylic acids is 2. The lowest BCUT2D eigenvalue weighted by Crippen LogP contribution is -2.27. The van der Waals surface area contributed by atoms with Crippen molar-refractivity contribution in [1.29, 1.82) is 0 Å². The Morgan fingerprint density at radius 2 is 2.00 bits per heavy atom. The van der Waals surface area contributed by atoms with Gasteiger partial charge in [-0.15, -0.1) is 0 Å². The molecule has 0 radical (unpaired) electrons. The second kappa shape index (κ2) is 7.67. The van der Waals surface area contributed by atoms with Gasteiger partial charge in [-0.25, -0.2) is 10.2 Å². The molecule has 6 heteroatoms. The smallest absolute Gasteiger partial charge is 0.427 e. The first-order valence-corrected chi connectivity index (χ1v) is 5.11. The minimum absolute atomic E-state index is 0.326. The zero-order valence-electron chi connectivity index (χ0n) is 10.1. The number of carbonyl (C=O) groups is 2.